The third-order valence-electron chi connectivity index (χ3n) is 3.10. The van der Waals surface area contributed by atoms with E-state index in [1.165, 1.54) is 0 Å². The minimum Gasteiger partial charge on any atom is -0.338 e. The van der Waals surface area contributed by atoms with Crippen LogP contribution in [0.3, 0.4) is 0 Å². The predicted molar refractivity (Wildman–Crippen MR) is 71.7 cm³/mol. The van der Waals surface area contributed by atoms with E-state index in [-0.39, 0.29) is 0 Å². The lowest BCUT2D eigenvalue weighted by molar-refractivity contribution is 1.31. The van der Waals surface area contributed by atoms with E-state index in [1.54, 1.807) is 24.8 Å². The van der Waals surface area contributed by atoms with Crippen molar-refractivity contribution in [1.82, 2.24) is 19.9 Å². The van der Waals surface area contributed by atoms with Gasteiger partial charge in [-0.05, 0) is 17.5 Å². The normalized spacial score (nSPS) is 11.6. The molecule has 4 heterocycles. The minimum absolute atomic E-state index is 0.463. The van der Waals surface area contributed by atoms with Crippen LogP contribution in [0.2, 0.25) is 5.15 Å². The number of nitrogens with zero attached hydrogens (tertiary/aromatic N) is 3. The quantitative estimate of drug-likeness (QED) is 0.490. The molecule has 0 saturated carbocycles. The molecule has 0 aliphatic carbocycles. The molecule has 0 spiro atoms. The molecule has 0 radical (unpaired) electrons. The van der Waals surface area contributed by atoms with Gasteiger partial charge in [0.15, 0.2) is 0 Å². The number of nitrogens with one attached hydrogen (secondary N) is 1. The van der Waals surface area contributed by atoms with E-state index in [2.05, 4.69) is 19.9 Å². The van der Waals surface area contributed by atoms with Crippen molar-refractivity contribution in [2.45, 2.75) is 0 Å². The van der Waals surface area contributed by atoms with Crippen LogP contribution in [0, 0.1) is 0 Å². The van der Waals surface area contributed by atoms with E-state index < -0.39 is 0 Å². The molecule has 86 valence electrons. The van der Waals surface area contributed by atoms with E-state index in [1.807, 2.05) is 12.1 Å². The van der Waals surface area contributed by atoms with Crippen LogP contribution in [0.1, 0.15) is 0 Å². The number of aromatic nitrogens is 4. The van der Waals surface area contributed by atoms with Crippen LogP contribution in [-0.2, 0) is 0 Å². The standard InChI is InChI=1S/C13H7ClN4/c14-12-9-5-15-3-1-7(9)11-8-2-4-16-6-10(8)17-13(11)18-12/h1-6H,(H,17,18). The Hall–Kier alpha value is -2.20. The van der Waals surface area contributed by atoms with Gasteiger partial charge < -0.3 is 4.98 Å². The maximum atomic E-state index is 6.18. The van der Waals surface area contributed by atoms with E-state index in [4.69, 9.17) is 11.6 Å². The van der Waals surface area contributed by atoms with E-state index in [0.717, 1.165) is 32.7 Å². The first kappa shape index (κ1) is 9.79. The Kier molecular flexibility index (Phi) is 1.85. The second-order valence-electron chi connectivity index (χ2n) is 4.09. The highest BCUT2D eigenvalue weighted by molar-refractivity contribution is 6.36. The third kappa shape index (κ3) is 1.18. The molecule has 0 fully saturated rings. The first-order valence-electron chi connectivity index (χ1n) is 5.49. The molecule has 0 amide bonds. The summed E-state index contributed by atoms with van der Waals surface area (Å²) in [5.41, 5.74) is 1.74. The summed E-state index contributed by atoms with van der Waals surface area (Å²) in [6.45, 7) is 0. The zero-order chi connectivity index (χ0) is 12.1. The highest BCUT2D eigenvalue weighted by Crippen LogP contribution is 2.33. The summed E-state index contributed by atoms with van der Waals surface area (Å²) in [6.07, 6.45) is 7.07. The molecule has 4 aromatic heterocycles. The van der Waals surface area contributed by atoms with Crippen molar-refractivity contribution >= 4 is 44.3 Å². The van der Waals surface area contributed by atoms with Crippen LogP contribution >= 0.6 is 11.6 Å². The molecule has 0 saturated heterocycles. The Morgan fingerprint density at radius 2 is 1.72 bits per heavy atom. The number of hydrogen-bond donors (Lipinski definition) is 1. The monoisotopic (exact) mass is 254 g/mol. The van der Waals surface area contributed by atoms with Gasteiger partial charge in [0.2, 0.25) is 0 Å². The van der Waals surface area contributed by atoms with Gasteiger partial charge in [-0.25, -0.2) is 4.98 Å². The van der Waals surface area contributed by atoms with Gasteiger partial charge in [-0.2, -0.15) is 0 Å². The Morgan fingerprint density at radius 1 is 0.944 bits per heavy atom. The van der Waals surface area contributed by atoms with Crippen LogP contribution in [0.4, 0.5) is 0 Å². The summed E-state index contributed by atoms with van der Waals surface area (Å²) in [5, 5.41) is 4.54. The fourth-order valence-corrected chi connectivity index (χ4v) is 2.56. The zero-order valence-corrected chi connectivity index (χ0v) is 9.94. The second-order valence-corrected chi connectivity index (χ2v) is 4.45. The van der Waals surface area contributed by atoms with Crippen molar-refractivity contribution in [3.63, 3.8) is 0 Å². The topological polar surface area (TPSA) is 54.5 Å². The summed E-state index contributed by atoms with van der Waals surface area (Å²) in [6, 6.07) is 3.93. The Morgan fingerprint density at radius 3 is 2.61 bits per heavy atom. The molecule has 0 unspecified atom stereocenters. The van der Waals surface area contributed by atoms with Crippen molar-refractivity contribution in [3.8, 4) is 0 Å². The molecule has 0 atom stereocenters. The number of aromatic amines is 1. The highest BCUT2D eigenvalue weighted by Gasteiger charge is 2.11. The Balaban J connectivity index is 2.39. The number of halogens is 1. The van der Waals surface area contributed by atoms with Gasteiger partial charge in [-0.15, -0.1) is 0 Å². The summed E-state index contributed by atoms with van der Waals surface area (Å²) in [5.74, 6) is 0. The van der Waals surface area contributed by atoms with Gasteiger partial charge in [-0.3, -0.25) is 9.97 Å². The molecule has 18 heavy (non-hydrogen) atoms. The van der Waals surface area contributed by atoms with E-state index in [9.17, 15) is 0 Å². The van der Waals surface area contributed by atoms with Gasteiger partial charge in [0.25, 0.3) is 0 Å². The number of pyridine rings is 3. The lowest BCUT2D eigenvalue weighted by Gasteiger charge is -2.01. The molecular formula is C13H7ClN4. The summed E-state index contributed by atoms with van der Waals surface area (Å²) in [7, 11) is 0. The third-order valence-corrected chi connectivity index (χ3v) is 3.39. The Labute approximate surface area is 107 Å². The molecule has 4 aromatic rings. The smallest absolute Gasteiger partial charge is 0.140 e. The van der Waals surface area contributed by atoms with Gasteiger partial charge in [0.05, 0.1) is 11.7 Å². The van der Waals surface area contributed by atoms with Gasteiger partial charge in [-0.1, -0.05) is 11.6 Å². The molecule has 0 aromatic carbocycles. The lowest BCUT2D eigenvalue weighted by Crippen LogP contribution is -1.83. The summed E-state index contributed by atoms with van der Waals surface area (Å²) < 4.78 is 0. The maximum Gasteiger partial charge on any atom is 0.140 e. The SMILES string of the molecule is Clc1nc2[nH]c3cnccc3c2c2ccncc12. The van der Waals surface area contributed by atoms with Crippen LogP contribution in [0.5, 0.6) is 0 Å². The fraction of sp³-hybridized carbons (Fsp3) is 0. The molecule has 1 N–H and O–H groups in total. The van der Waals surface area contributed by atoms with Crippen molar-refractivity contribution in [2.24, 2.45) is 0 Å². The number of H-pyrrole nitrogens is 1. The molecule has 0 bridgehead atoms. The average molecular weight is 255 g/mol. The molecule has 4 rings (SSSR count). The second kappa shape index (κ2) is 3.40. The van der Waals surface area contributed by atoms with Crippen molar-refractivity contribution in [1.29, 1.82) is 0 Å². The van der Waals surface area contributed by atoms with Gasteiger partial charge in [0.1, 0.15) is 10.8 Å². The van der Waals surface area contributed by atoms with Crippen LogP contribution < -0.4 is 0 Å². The van der Waals surface area contributed by atoms with E-state index in [0.29, 0.717) is 5.15 Å². The number of fused-ring (bicyclic) bond motifs is 5. The highest BCUT2D eigenvalue weighted by atomic mass is 35.5. The number of rotatable bonds is 0. The molecule has 4 nitrogen and oxygen atoms in total. The molecule has 0 aliphatic heterocycles. The Bertz CT molecular complexity index is 897. The molecule has 5 heteroatoms. The van der Waals surface area contributed by atoms with Crippen LogP contribution in [0.25, 0.3) is 32.7 Å². The van der Waals surface area contributed by atoms with Crippen LogP contribution in [0.15, 0.2) is 36.9 Å². The average Bonchev–Trinajstić information content (AvgIpc) is 2.77. The first-order valence-corrected chi connectivity index (χ1v) is 5.87. The largest absolute Gasteiger partial charge is 0.338 e. The maximum absolute atomic E-state index is 6.18. The van der Waals surface area contributed by atoms with Crippen molar-refractivity contribution in [3.05, 3.63) is 42.1 Å². The summed E-state index contributed by atoms with van der Waals surface area (Å²) in [4.78, 5) is 15.8. The zero-order valence-electron chi connectivity index (χ0n) is 9.18. The molecular weight excluding hydrogens is 248 g/mol. The van der Waals surface area contributed by atoms with Gasteiger partial charge in [0, 0.05) is 34.7 Å². The van der Waals surface area contributed by atoms with Crippen molar-refractivity contribution < 1.29 is 0 Å². The number of hydrogen-bond acceptors (Lipinski definition) is 3. The lowest BCUT2D eigenvalue weighted by atomic mass is 10.1. The first-order chi connectivity index (χ1) is 8.84. The van der Waals surface area contributed by atoms with E-state index >= 15 is 0 Å². The molecule has 0 aliphatic rings. The van der Waals surface area contributed by atoms with Crippen molar-refractivity contribution in [2.75, 3.05) is 0 Å². The van der Waals surface area contributed by atoms with Crippen LogP contribution in [-0.4, -0.2) is 19.9 Å². The minimum atomic E-state index is 0.463. The fourth-order valence-electron chi connectivity index (χ4n) is 2.32. The van der Waals surface area contributed by atoms with Gasteiger partial charge >= 0.3 is 0 Å². The predicted octanol–water partition coefficient (Wildman–Crippen LogP) is 3.31. The summed E-state index contributed by atoms with van der Waals surface area (Å²) >= 11 is 6.18.